The van der Waals surface area contributed by atoms with Gasteiger partial charge in [0.15, 0.2) is 5.78 Å². The number of hydrogen-bond acceptors (Lipinski definition) is 5. The molecule has 1 N–H and O–H groups in total. The van der Waals surface area contributed by atoms with E-state index in [1.54, 1.807) is 4.90 Å². The van der Waals surface area contributed by atoms with Crippen LogP contribution in [-0.2, 0) is 14.3 Å². The van der Waals surface area contributed by atoms with Crippen molar-refractivity contribution in [3.8, 4) is 0 Å². The third kappa shape index (κ3) is 3.44. The number of ether oxygens (including phenoxy) is 1. The van der Waals surface area contributed by atoms with Crippen LogP contribution in [0.5, 0.6) is 0 Å². The fourth-order valence-electron chi connectivity index (χ4n) is 4.12. The Hall–Kier alpha value is -2.25. The average molecular weight is 401 g/mol. The molecule has 28 heavy (non-hydrogen) atoms. The molecule has 0 spiro atoms. The number of ketones is 1. The van der Waals surface area contributed by atoms with Crippen LogP contribution in [0.4, 0.5) is 0 Å². The third-order valence-corrected chi connectivity index (χ3v) is 6.39. The van der Waals surface area contributed by atoms with Gasteiger partial charge in [-0.25, -0.2) is 0 Å². The van der Waals surface area contributed by atoms with Gasteiger partial charge in [-0.3, -0.25) is 14.4 Å². The molecule has 2 amide bonds. The predicted molar refractivity (Wildman–Crippen MR) is 107 cm³/mol. The van der Waals surface area contributed by atoms with E-state index in [2.05, 4.69) is 5.32 Å². The summed E-state index contributed by atoms with van der Waals surface area (Å²) in [5.74, 6) is -0.258. The molecule has 2 fully saturated rings. The molecular weight excluding hydrogens is 376 g/mol. The molecule has 4 rings (SSSR count). The number of nitrogens with one attached hydrogen (secondary N) is 1. The highest BCUT2D eigenvalue weighted by Crippen LogP contribution is 2.29. The van der Waals surface area contributed by atoms with Gasteiger partial charge in [-0.2, -0.15) is 0 Å². The zero-order valence-corrected chi connectivity index (χ0v) is 16.8. The minimum Gasteiger partial charge on any atom is -0.368 e. The molecule has 3 unspecified atom stereocenters. The van der Waals surface area contributed by atoms with Gasteiger partial charge in [-0.05, 0) is 24.8 Å². The molecule has 148 valence electrons. The van der Waals surface area contributed by atoms with Crippen molar-refractivity contribution in [1.29, 1.82) is 0 Å². The molecule has 0 saturated carbocycles. The first-order valence-electron chi connectivity index (χ1n) is 9.67. The number of rotatable bonds is 5. The summed E-state index contributed by atoms with van der Waals surface area (Å²) in [5, 5.41) is 5.66. The molecular formula is C21H24N2O4S. The molecule has 0 bridgehead atoms. The number of benzene rings is 1. The van der Waals surface area contributed by atoms with Gasteiger partial charge in [0.2, 0.25) is 5.91 Å². The highest BCUT2D eigenvalue weighted by atomic mass is 32.1. The van der Waals surface area contributed by atoms with Crippen molar-refractivity contribution in [3.05, 3.63) is 35.2 Å². The SMILES string of the molecule is CC(C)CC(NC(=O)c1csc2ccccc12)C(=O)N1CCC2OCC(=O)C21. The minimum atomic E-state index is -0.654. The highest BCUT2D eigenvalue weighted by molar-refractivity contribution is 7.17. The summed E-state index contributed by atoms with van der Waals surface area (Å²) in [6.07, 6.45) is 0.988. The van der Waals surface area contributed by atoms with Crippen LogP contribution >= 0.6 is 11.3 Å². The molecule has 2 saturated heterocycles. The highest BCUT2D eigenvalue weighted by Gasteiger charge is 2.48. The second-order valence-electron chi connectivity index (χ2n) is 7.88. The van der Waals surface area contributed by atoms with Crippen LogP contribution in [-0.4, -0.2) is 53.8 Å². The second-order valence-corrected chi connectivity index (χ2v) is 8.79. The van der Waals surface area contributed by atoms with E-state index in [9.17, 15) is 14.4 Å². The van der Waals surface area contributed by atoms with Crippen LogP contribution in [0.2, 0.25) is 0 Å². The Morgan fingerprint density at radius 1 is 1.32 bits per heavy atom. The Morgan fingerprint density at radius 3 is 2.89 bits per heavy atom. The number of carbonyl (C=O) groups excluding carboxylic acids is 3. The fourth-order valence-corrected chi connectivity index (χ4v) is 5.07. The summed E-state index contributed by atoms with van der Waals surface area (Å²) in [5.41, 5.74) is 0.585. The number of carbonyl (C=O) groups is 3. The summed E-state index contributed by atoms with van der Waals surface area (Å²) in [6, 6.07) is 6.58. The van der Waals surface area contributed by atoms with Crippen molar-refractivity contribution in [2.24, 2.45) is 5.92 Å². The van der Waals surface area contributed by atoms with Crippen molar-refractivity contribution in [1.82, 2.24) is 10.2 Å². The van der Waals surface area contributed by atoms with E-state index < -0.39 is 12.1 Å². The van der Waals surface area contributed by atoms with Crippen LogP contribution in [0.3, 0.4) is 0 Å². The van der Waals surface area contributed by atoms with Gasteiger partial charge in [0.1, 0.15) is 18.7 Å². The fraction of sp³-hybridized carbons (Fsp3) is 0.476. The molecule has 3 atom stereocenters. The summed E-state index contributed by atoms with van der Waals surface area (Å²) in [4.78, 5) is 40.0. The monoisotopic (exact) mass is 400 g/mol. The van der Waals surface area contributed by atoms with E-state index in [1.165, 1.54) is 11.3 Å². The first kappa shape index (κ1) is 19.1. The van der Waals surface area contributed by atoms with Gasteiger partial charge in [0.25, 0.3) is 5.91 Å². The molecule has 0 radical (unpaired) electrons. The van der Waals surface area contributed by atoms with Crippen molar-refractivity contribution < 1.29 is 19.1 Å². The van der Waals surface area contributed by atoms with Crippen molar-refractivity contribution in [2.75, 3.05) is 13.2 Å². The number of amides is 2. The van der Waals surface area contributed by atoms with Crippen molar-refractivity contribution >= 4 is 39.0 Å². The van der Waals surface area contributed by atoms with E-state index in [-0.39, 0.29) is 36.2 Å². The summed E-state index contributed by atoms with van der Waals surface area (Å²) < 4.78 is 6.53. The lowest BCUT2D eigenvalue weighted by Gasteiger charge is -2.28. The standard InChI is InChI=1S/C21H24N2O4S/c1-12(2)9-15(21(26)23-8-7-17-19(23)16(24)10-27-17)22-20(25)14-11-28-18-6-4-3-5-13(14)18/h3-6,11-12,15,17,19H,7-10H2,1-2H3,(H,22,25). The normalized spacial score (nSPS) is 22.7. The van der Waals surface area contributed by atoms with Crippen molar-refractivity contribution in [2.45, 2.75) is 44.9 Å². The summed E-state index contributed by atoms with van der Waals surface area (Å²) in [7, 11) is 0. The molecule has 2 aliphatic rings. The molecule has 6 nitrogen and oxygen atoms in total. The van der Waals surface area contributed by atoms with Crippen LogP contribution in [0, 0.1) is 5.92 Å². The number of hydrogen-bond donors (Lipinski definition) is 1. The van der Waals surface area contributed by atoms with Gasteiger partial charge >= 0.3 is 0 Å². The average Bonchev–Trinajstić information content (AvgIpc) is 3.36. The molecule has 0 aliphatic carbocycles. The smallest absolute Gasteiger partial charge is 0.253 e. The maximum atomic E-state index is 13.2. The second kappa shape index (κ2) is 7.64. The number of nitrogens with zero attached hydrogens (tertiary/aromatic N) is 1. The summed E-state index contributed by atoms with van der Waals surface area (Å²) in [6.45, 7) is 4.60. The maximum Gasteiger partial charge on any atom is 0.253 e. The largest absolute Gasteiger partial charge is 0.368 e. The van der Waals surface area contributed by atoms with Gasteiger partial charge in [-0.1, -0.05) is 32.0 Å². The van der Waals surface area contributed by atoms with Crippen molar-refractivity contribution in [3.63, 3.8) is 0 Å². The van der Waals surface area contributed by atoms with Crippen LogP contribution in [0.1, 0.15) is 37.0 Å². The zero-order chi connectivity index (χ0) is 19.8. The lowest BCUT2D eigenvalue weighted by atomic mass is 10.0. The van der Waals surface area contributed by atoms with Crippen LogP contribution in [0.25, 0.3) is 10.1 Å². The van der Waals surface area contributed by atoms with Crippen LogP contribution < -0.4 is 5.32 Å². The Morgan fingerprint density at radius 2 is 2.11 bits per heavy atom. The zero-order valence-electron chi connectivity index (χ0n) is 16.0. The minimum absolute atomic E-state index is 0.0469. The van der Waals surface area contributed by atoms with Crippen LogP contribution in [0.15, 0.2) is 29.6 Å². The van der Waals surface area contributed by atoms with E-state index in [1.807, 2.05) is 43.5 Å². The first-order valence-corrected chi connectivity index (χ1v) is 10.6. The molecule has 7 heteroatoms. The van der Waals surface area contributed by atoms with E-state index >= 15 is 0 Å². The Bertz CT molecular complexity index is 922. The molecule has 2 aliphatic heterocycles. The Labute approximate surface area is 167 Å². The van der Waals surface area contributed by atoms with Gasteiger partial charge < -0.3 is 15.0 Å². The van der Waals surface area contributed by atoms with E-state index in [0.29, 0.717) is 24.9 Å². The first-order chi connectivity index (χ1) is 13.5. The maximum absolute atomic E-state index is 13.2. The molecule has 1 aromatic carbocycles. The van der Waals surface area contributed by atoms with E-state index in [0.717, 1.165) is 10.1 Å². The molecule has 3 heterocycles. The number of fused-ring (bicyclic) bond motifs is 2. The summed E-state index contributed by atoms with van der Waals surface area (Å²) >= 11 is 1.51. The van der Waals surface area contributed by atoms with Gasteiger partial charge in [0, 0.05) is 22.0 Å². The molecule has 2 aromatic rings. The number of likely N-dealkylation sites (tertiary alicyclic amines) is 1. The Balaban J connectivity index is 1.55. The number of Topliss-reactive ketones (excluding diaryl/α,β-unsaturated/α-hetero) is 1. The molecule has 1 aromatic heterocycles. The lowest BCUT2D eigenvalue weighted by molar-refractivity contribution is -0.138. The lowest BCUT2D eigenvalue weighted by Crippen LogP contribution is -2.52. The van der Waals surface area contributed by atoms with E-state index in [4.69, 9.17) is 4.74 Å². The quantitative estimate of drug-likeness (QED) is 0.837. The topological polar surface area (TPSA) is 75.7 Å². The predicted octanol–water partition coefficient (Wildman–Crippen LogP) is 2.61. The number of thiophene rings is 1. The Kier molecular flexibility index (Phi) is 5.21. The van der Waals surface area contributed by atoms with Gasteiger partial charge in [-0.15, -0.1) is 11.3 Å². The third-order valence-electron chi connectivity index (χ3n) is 5.43. The van der Waals surface area contributed by atoms with Gasteiger partial charge in [0.05, 0.1) is 11.7 Å².